The molecule has 134 valence electrons. The van der Waals surface area contributed by atoms with E-state index in [4.69, 9.17) is 9.47 Å². The number of aromatic nitrogens is 2. The van der Waals surface area contributed by atoms with E-state index in [0.29, 0.717) is 18.8 Å². The predicted molar refractivity (Wildman–Crippen MR) is 94.2 cm³/mol. The number of hydrogen-bond acceptors (Lipinski definition) is 4. The number of rotatable bonds is 7. The van der Waals surface area contributed by atoms with Gasteiger partial charge in [0.1, 0.15) is 0 Å². The number of carbonyl (C=O) groups is 1. The Morgan fingerprint density at radius 2 is 2.16 bits per heavy atom. The zero-order valence-electron chi connectivity index (χ0n) is 14.4. The molecule has 3 rings (SSSR count). The standard InChI is InChI=1S/C18H24N4O3/c1-24-13-15-6-4-14(5-7-15)9-19-18(23)21-16-10-20-22(11-16)12-17-3-2-8-25-17/h4-7,10-11,17H,2-3,8-9,12-13H2,1H3,(H2,19,21,23). The molecule has 2 N–H and O–H groups in total. The van der Waals surface area contributed by atoms with E-state index in [1.54, 1.807) is 18.0 Å². The summed E-state index contributed by atoms with van der Waals surface area (Å²) in [6.07, 6.45) is 5.86. The minimum Gasteiger partial charge on any atom is -0.380 e. The van der Waals surface area contributed by atoms with Gasteiger partial charge in [0.2, 0.25) is 0 Å². The molecule has 2 heterocycles. The number of nitrogens with zero attached hydrogens (tertiary/aromatic N) is 2. The maximum Gasteiger partial charge on any atom is 0.319 e. The summed E-state index contributed by atoms with van der Waals surface area (Å²) in [4.78, 5) is 12.0. The normalized spacial score (nSPS) is 16.8. The van der Waals surface area contributed by atoms with E-state index >= 15 is 0 Å². The Balaban J connectivity index is 1.43. The summed E-state index contributed by atoms with van der Waals surface area (Å²) in [5, 5.41) is 9.89. The number of benzene rings is 1. The molecule has 0 spiro atoms. The summed E-state index contributed by atoms with van der Waals surface area (Å²) in [7, 11) is 1.67. The van der Waals surface area contributed by atoms with Crippen molar-refractivity contribution < 1.29 is 14.3 Å². The molecule has 1 fully saturated rings. The van der Waals surface area contributed by atoms with Crippen molar-refractivity contribution >= 4 is 11.7 Å². The minimum absolute atomic E-state index is 0.225. The fraction of sp³-hybridized carbons (Fsp3) is 0.444. The van der Waals surface area contributed by atoms with Crippen LogP contribution in [0.4, 0.5) is 10.5 Å². The number of urea groups is 1. The average Bonchev–Trinajstić information content (AvgIpc) is 3.27. The molecule has 0 saturated carbocycles. The minimum atomic E-state index is -0.252. The fourth-order valence-electron chi connectivity index (χ4n) is 2.80. The van der Waals surface area contributed by atoms with Gasteiger partial charge in [-0.2, -0.15) is 5.10 Å². The zero-order chi connectivity index (χ0) is 17.5. The van der Waals surface area contributed by atoms with Crippen LogP contribution in [0.25, 0.3) is 0 Å². The molecule has 0 aliphatic carbocycles. The number of anilines is 1. The Hall–Kier alpha value is -2.38. The van der Waals surface area contributed by atoms with E-state index in [9.17, 15) is 4.79 Å². The number of hydrogen-bond donors (Lipinski definition) is 2. The van der Waals surface area contributed by atoms with E-state index in [1.165, 1.54) is 0 Å². The van der Waals surface area contributed by atoms with Crippen molar-refractivity contribution in [2.24, 2.45) is 0 Å². The van der Waals surface area contributed by atoms with E-state index in [0.717, 1.165) is 37.1 Å². The Bertz CT molecular complexity index is 678. The van der Waals surface area contributed by atoms with Crippen LogP contribution in [-0.4, -0.2) is 35.6 Å². The van der Waals surface area contributed by atoms with E-state index < -0.39 is 0 Å². The van der Waals surface area contributed by atoms with Gasteiger partial charge in [-0.05, 0) is 24.0 Å². The molecule has 2 amide bonds. The summed E-state index contributed by atoms with van der Waals surface area (Å²) in [5.41, 5.74) is 2.81. The molecule has 1 aromatic heterocycles. The molecule has 1 unspecified atom stereocenters. The van der Waals surface area contributed by atoms with Crippen LogP contribution in [0.15, 0.2) is 36.7 Å². The van der Waals surface area contributed by atoms with Gasteiger partial charge in [0.25, 0.3) is 0 Å². The van der Waals surface area contributed by atoms with Gasteiger partial charge in [0, 0.05) is 26.5 Å². The lowest BCUT2D eigenvalue weighted by atomic mass is 10.1. The molecular weight excluding hydrogens is 320 g/mol. The zero-order valence-corrected chi connectivity index (χ0v) is 14.4. The maximum absolute atomic E-state index is 12.0. The molecule has 25 heavy (non-hydrogen) atoms. The molecule has 0 radical (unpaired) electrons. The molecular formula is C18H24N4O3. The van der Waals surface area contributed by atoms with Crippen LogP contribution in [0.2, 0.25) is 0 Å². The third-order valence-corrected chi connectivity index (χ3v) is 4.09. The average molecular weight is 344 g/mol. The van der Waals surface area contributed by atoms with Crippen molar-refractivity contribution in [2.75, 3.05) is 19.0 Å². The Kier molecular flexibility index (Phi) is 6.03. The summed E-state index contributed by atoms with van der Waals surface area (Å²) < 4.78 is 12.5. The molecule has 7 heteroatoms. The van der Waals surface area contributed by atoms with Gasteiger partial charge in [-0.1, -0.05) is 24.3 Å². The van der Waals surface area contributed by atoms with Crippen LogP contribution < -0.4 is 10.6 Å². The van der Waals surface area contributed by atoms with Crippen molar-refractivity contribution in [3.05, 3.63) is 47.8 Å². The third-order valence-electron chi connectivity index (χ3n) is 4.09. The van der Waals surface area contributed by atoms with Crippen molar-refractivity contribution in [2.45, 2.75) is 38.6 Å². The number of methoxy groups -OCH3 is 1. The number of ether oxygens (including phenoxy) is 2. The van der Waals surface area contributed by atoms with Crippen LogP contribution in [0.5, 0.6) is 0 Å². The first-order valence-corrected chi connectivity index (χ1v) is 8.48. The van der Waals surface area contributed by atoms with Gasteiger partial charge >= 0.3 is 6.03 Å². The second kappa shape index (κ2) is 8.64. The van der Waals surface area contributed by atoms with E-state index in [-0.39, 0.29) is 12.1 Å². The third kappa shape index (κ3) is 5.30. The highest BCUT2D eigenvalue weighted by molar-refractivity contribution is 5.88. The van der Waals surface area contributed by atoms with Crippen molar-refractivity contribution in [3.63, 3.8) is 0 Å². The molecule has 1 atom stereocenters. The number of amides is 2. The number of carbonyl (C=O) groups excluding carboxylic acids is 1. The second-order valence-corrected chi connectivity index (χ2v) is 6.14. The molecule has 2 aromatic rings. The first kappa shape index (κ1) is 17.4. The molecule has 0 bridgehead atoms. The Labute approximate surface area is 147 Å². The van der Waals surface area contributed by atoms with Gasteiger partial charge < -0.3 is 20.1 Å². The van der Waals surface area contributed by atoms with Crippen LogP contribution in [0.1, 0.15) is 24.0 Å². The van der Waals surface area contributed by atoms with Crippen molar-refractivity contribution in [1.82, 2.24) is 15.1 Å². The maximum atomic E-state index is 12.0. The molecule has 1 saturated heterocycles. The topological polar surface area (TPSA) is 77.4 Å². The summed E-state index contributed by atoms with van der Waals surface area (Å²) in [5.74, 6) is 0. The molecule has 1 aliphatic heterocycles. The SMILES string of the molecule is COCc1ccc(CNC(=O)Nc2cnn(CC3CCCO3)c2)cc1. The second-order valence-electron chi connectivity index (χ2n) is 6.14. The largest absolute Gasteiger partial charge is 0.380 e. The molecule has 1 aromatic carbocycles. The highest BCUT2D eigenvalue weighted by Crippen LogP contribution is 2.15. The monoisotopic (exact) mass is 344 g/mol. The van der Waals surface area contributed by atoms with Gasteiger partial charge in [-0.25, -0.2) is 4.79 Å². The van der Waals surface area contributed by atoms with Crippen molar-refractivity contribution in [3.8, 4) is 0 Å². The number of nitrogens with one attached hydrogen (secondary N) is 2. The van der Waals surface area contributed by atoms with E-state index in [1.807, 2.05) is 30.5 Å². The van der Waals surface area contributed by atoms with Crippen LogP contribution in [0, 0.1) is 0 Å². The summed E-state index contributed by atoms with van der Waals surface area (Å²) in [6.45, 7) is 2.59. The van der Waals surface area contributed by atoms with Crippen LogP contribution in [-0.2, 0) is 29.2 Å². The lowest BCUT2D eigenvalue weighted by molar-refractivity contribution is 0.0940. The fourth-order valence-corrected chi connectivity index (χ4v) is 2.80. The lowest BCUT2D eigenvalue weighted by Crippen LogP contribution is -2.28. The van der Waals surface area contributed by atoms with Crippen LogP contribution >= 0.6 is 0 Å². The lowest BCUT2D eigenvalue weighted by Gasteiger charge is -2.09. The van der Waals surface area contributed by atoms with Crippen molar-refractivity contribution in [1.29, 1.82) is 0 Å². The van der Waals surface area contributed by atoms with Gasteiger partial charge in [0.05, 0.1) is 31.1 Å². The first-order chi connectivity index (χ1) is 12.2. The molecule has 1 aliphatic rings. The Morgan fingerprint density at radius 3 is 2.88 bits per heavy atom. The highest BCUT2D eigenvalue weighted by atomic mass is 16.5. The van der Waals surface area contributed by atoms with Gasteiger partial charge in [-0.3, -0.25) is 4.68 Å². The highest BCUT2D eigenvalue weighted by Gasteiger charge is 2.16. The van der Waals surface area contributed by atoms with Crippen LogP contribution in [0.3, 0.4) is 0 Å². The quantitative estimate of drug-likeness (QED) is 0.809. The van der Waals surface area contributed by atoms with E-state index in [2.05, 4.69) is 15.7 Å². The predicted octanol–water partition coefficient (Wildman–Crippen LogP) is 2.53. The first-order valence-electron chi connectivity index (χ1n) is 8.48. The smallest absolute Gasteiger partial charge is 0.319 e. The summed E-state index contributed by atoms with van der Waals surface area (Å²) in [6, 6.07) is 7.70. The van der Waals surface area contributed by atoms with Gasteiger partial charge in [-0.15, -0.1) is 0 Å². The summed E-state index contributed by atoms with van der Waals surface area (Å²) >= 11 is 0. The Morgan fingerprint density at radius 1 is 1.36 bits per heavy atom. The van der Waals surface area contributed by atoms with Gasteiger partial charge in [0.15, 0.2) is 0 Å². The molecule has 7 nitrogen and oxygen atoms in total.